The Labute approximate surface area is 188 Å². The Morgan fingerprint density at radius 3 is 2.78 bits per heavy atom. The third-order valence-electron chi connectivity index (χ3n) is 5.42. The summed E-state index contributed by atoms with van der Waals surface area (Å²) >= 11 is 0.856. The summed E-state index contributed by atoms with van der Waals surface area (Å²) < 4.78 is 17.2. The van der Waals surface area contributed by atoms with E-state index >= 15 is 0 Å². The van der Waals surface area contributed by atoms with Crippen LogP contribution in [0.15, 0.2) is 46.0 Å². The number of thioether (sulfide) groups is 1. The molecular weight excluding hydrogens is 430 g/mol. The molecule has 2 saturated heterocycles. The van der Waals surface area contributed by atoms with Crippen LogP contribution in [0.5, 0.6) is 5.75 Å². The van der Waals surface area contributed by atoms with Crippen LogP contribution in [-0.2, 0) is 16.1 Å². The first-order chi connectivity index (χ1) is 15.6. The Bertz CT molecular complexity index is 1230. The summed E-state index contributed by atoms with van der Waals surface area (Å²) in [6, 6.07) is 7.93. The molecule has 5 rings (SSSR count). The van der Waals surface area contributed by atoms with E-state index in [-0.39, 0.29) is 5.24 Å². The first kappa shape index (κ1) is 20.7. The molecule has 0 saturated carbocycles. The zero-order valence-corrected chi connectivity index (χ0v) is 18.2. The molecule has 164 valence electrons. The van der Waals surface area contributed by atoms with Crippen LogP contribution in [-0.4, -0.2) is 54.4 Å². The highest BCUT2D eigenvalue weighted by molar-refractivity contribution is 8.18. The lowest BCUT2D eigenvalue weighted by Crippen LogP contribution is -2.35. The molecule has 8 nitrogen and oxygen atoms in total. The summed E-state index contributed by atoms with van der Waals surface area (Å²) in [4.78, 5) is 30.3. The van der Waals surface area contributed by atoms with Gasteiger partial charge in [0, 0.05) is 54.6 Å². The van der Waals surface area contributed by atoms with Gasteiger partial charge in [0.2, 0.25) is 0 Å². The molecule has 2 aliphatic heterocycles. The van der Waals surface area contributed by atoms with Crippen LogP contribution >= 0.6 is 11.8 Å². The maximum Gasteiger partial charge on any atom is 0.290 e. The lowest BCUT2D eigenvalue weighted by Gasteiger charge is -2.26. The quantitative estimate of drug-likeness (QED) is 0.588. The number of carbonyl (C=O) groups excluding carboxylic acids is 2. The maximum absolute atomic E-state index is 11.9. The van der Waals surface area contributed by atoms with E-state index in [1.807, 2.05) is 6.07 Å². The fraction of sp³-hybridized carbons (Fsp3) is 0.261. The first-order valence-corrected chi connectivity index (χ1v) is 11.0. The number of imide groups is 1. The molecule has 0 atom stereocenters. The molecule has 4 heterocycles. The summed E-state index contributed by atoms with van der Waals surface area (Å²) in [6.45, 7) is 4.13. The molecule has 3 aromatic rings. The predicted octanol–water partition coefficient (Wildman–Crippen LogP) is 3.66. The summed E-state index contributed by atoms with van der Waals surface area (Å²) in [7, 11) is 1.64. The van der Waals surface area contributed by atoms with Gasteiger partial charge in [-0.25, -0.2) is 0 Å². The standard InChI is InChI=1S/C23H21N3O5S/c1-29-19-3-2-14(13-26-4-6-30-7-5-26)8-17(19)18-12-24-11-15-9-16(31-21(15)18)10-20-22(27)25-23(28)32-20/h2-3,8-12H,4-7,13H2,1H3,(H,25,27,28)/b20-10+. The summed E-state index contributed by atoms with van der Waals surface area (Å²) in [5, 5.41) is 2.66. The number of rotatable bonds is 5. The van der Waals surface area contributed by atoms with Crippen molar-refractivity contribution in [1.82, 2.24) is 15.2 Å². The third kappa shape index (κ3) is 4.14. The van der Waals surface area contributed by atoms with E-state index in [0.717, 1.165) is 72.4 Å². The summed E-state index contributed by atoms with van der Waals surface area (Å²) in [5.74, 6) is 0.777. The number of aromatic nitrogens is 1. The first-order valence-electron chi connectivity index (χ1n) is 10.2. The SMILES string of the molecule is COc1ccc(CN2CCOCC2)cc1-c1cncc2cc(/C=C3/SC(=O)NC3=O)oc12. The maximum atomic E-state index is 11.9. The molecular formula is C23H21N3O5S. The number of hydrogen-bond acceptors (Lipinski definition) is 8. The van der Waals surface area contributed by atoms with Crippen LogP contribution in [0.4, 0.5) is 4.79 Å². The van der Waals surface area contributed by atoms with E-state index in [9.17, 15) is 9.59 Å². The van der Waals surface area contributed by atoms with Crippen LogP contribution in [0.25, 0.3) is 28.2 Å². The highest BCUT2D eigenvalue weighted by Crippen LogP contribution is 2.37. The van der Waals surface area contributed by atoms with Crippen LogP contribution < -0.4 is 10.1 Å². The molecule has 1 aromatic carbocycles. The molecule has 0 aliphatic carbocycles. The smallest absolute Gasteiger partial charge is 0.290 e. The predicted molar refractivity (Wildman–Crippen MR) is 121 cm³/mol. The van der Waals surface area contributed by atoms with Crippen molar-refractivity contribution < 1.29 is 23.5 Å². The van der Waals surface area contributed by atoms with Crippen LogP contribution in [0.3, 0.4) is 0 Å². The second-order valence-electron chi connectivity index (χ2n) is 7.53. The minimum atomic E-state index is -0.420. The Balaban J connectivity index is 1.53. The number of furan rings is 1. The van der Waals surface area contributed by atoms with Gasteiger partial charge in [-0.2, -0.15) is 0 Å². The second kappa shape index (κ2) is 8.78. The van der Waals surface area contributed by atoms with E-state index < -0.39 is 5.91 Å². The topological polar surface area (TPSA) is 93.9 Å². The van der Waals surface area contributed by atoms with Gasteiger partial charge in [0.05, 0.1) is 25.2 Å². The number of hydrogen-bond donors (Lipinski definition) is 1. The van der Waals surface area contributed by atoms with Gasteiger partial charge in [0.1, 0.15) is 17.1 Å². The third-order valence-corrected chi connectivity index (χ3v) is 6.23. The average molecular weight is 452 g/mol. The number of morpholine rings is 1. The molecule has 1 N–H and O–H groups in total. The zero-order chi connectivity index (χ0) is 22.1. The average Bonchev–Trinajstić information content (AvgIpc) is 3.35. The largest absolute Gasteiger partial charge is 0.496 e. The summed E-state index contributed by atoms with van der Waals surface area (Å²) in [6.07, 6.45) is 5.03. The van der Waals surface area contributed by atoms with Gasteiger partial charge in [-0.15, -0.1) is 0 Å². The molecule has 2 amide bonds. The van der Waals surface area contributed by atoms with E-state index in [2.05, 4.69) is 27.3 Å². The molecule has 0 unspecified atom stereocenters. The Morgan fingerprint density at radius 2 is 2.03 bits per heavy atom. The van der Waals surface area contributed by atoms with E-state index in [4.69, 9.17) is 13.9 Å². The van der Waals surface area contributed by atoms with Gasteiger partial charge in [0.15, 0.2) is 0 Å². The van der Waals surface area contributed by atoms with Gasteiger partial charge in [-0.05, 0) is 35.5 Å². The van der Waals surface area contributed by atoms with Gasteiger partial charge >= 0.3 is 0 Å². The molecule has 32 heavy (non-hydrogen) atoms. The Morgan fingerprint density at radius 1 is 1.19 bits per heavy atom. The molecule has 2 aliphatic rings. The van der Waals surface area contributed by atoms with E-state index in [1.54, 1.807) is 31.6 Å². The van der Waals surface area contributed by atoms with Crippen LogP contribution in [0, 0.1) is 0 Å². The lowest BCUT2D eigenvalue weighted by molar-refractivity contribution is -0.115. The highest BCUT2D eigenvalue weighted by atomic mass is 32.2. The Hall–Kier alpha value is -3.14. The minimum absolute atomic E-state index is 0.300. The van der Waals surface area contributed by atoms with Crippen molar-refractivity contribution in [3.8, 4) is 16.9 Å². The van der Waals surface area contributed by atoms with Gasteiger partial charge < -0.3 is 13.9 Å². The molecule has 0 spiro atoms. The lowest BCUT2D eigenvalue weighted by atomic mass is 10.0. The molecule has 0 bridgehead atoms. The number of nitrogens with one attached hydrogen (secondary N) is 1. The van der Waals surface area contributed by atoms with Crippen molar-refractivity contribution in [2.75, 3.05) is 33.4 Å². The fourth-order valence-electron chi connectivity index (χ4n) is 3.88. The van der Waals surface area contributed by atoms with Crippen molar-refractivity contribution in [2.45, 2.75) is 6.54 Å². The van der Waals surface area contributed by atoms with Crippen molar-refractivity contribution in [1.29, 1.82) is 0 Å². The fourth-order valence-corrected chi connectivity index (χ4v) is 4.54. The normalized spacial score (nSPS) is 18.5. The van der Waals surface area contributed by atoms with E-state index in [1.165, 1.54) is 0 Å². The number of nitrogens with zero attached hydrogens (tertiary/aromatic N) is 2. The number of pyridine rings is 1. The number of amides is 2. The van der Waals surface area contributed by atoms with Gasteiger partial charge in [0.25, 0.3) is 11.1 Å². The number of carbonyl (C=O) groups is 2. The number of ether oxygens (including phenoxy) is 2. The number of methoxy groups -OCH3 is 1. The van der Waals surface area contributed by atoms with Crippen LogP contribution in [0.1, 0.15) is 11.3 Å². The van der Waals surface area contributed by atoms with Crippen molar-refractivity contribution >= 4 is 40.0 Å². The number of fused-ring (bicyclic) bond motifs is 1. The zero-order valence-electron chi connectivity index (χ0n) is 17.4. The minimum Gasteiger partial charge on any atom is -0.496 e. The second-order valence-corrected chi connectivity index (χ2v) is 8.54. The Kier molecular flexibility index (Phi) is 5.69. The van der Waals surface area contributed by atoms with Crippen molar-refractivity contribution in [2.24, 2.45) is 0 Å². The summed E-state index contributed by atoms with van der Waals surface area (Å²) in [5.41, 5.74) is 3.48. The van der Waals surface area contributed by atoms with Crippen molar-refractivity contribution in [3.05, 3.63) is 52.9 Å². The van der Waals surface area contributed by atoms with Crippen molar-refractivity contribution in [3.63, 3.8) is 0 Å². The van der Waals surface area contributed by atoms with Crippen LogP contribution in [0.2, 0.25) is 0 Å². The number of benzene rings is 1. The molecule has 9 heteroatoms. The molecule has 0 radical (unpaired) electrons. The highest BCUT2D eigenvalue weighted by Gasteiger charge is 2.26. The monoisotopic (exact) mass is 451 g/mol. The van der Waals surface area contributed by atoms with Gasteiger partial charge in [-0.1, -0.05) is 6.07 Å². The van der Waals surface area contributed by atoms with E-state index in [0.29, 0.717) is 16.2 Å². The van der Waals surface area contributed by atoms with Gasteiger partial charge in [-0.3, -0.25) is 24.8 Å². The molecule has 2 fully saturated rings. The molecule has 2 aromatic heterocycles.